The molecule has 0 saturated heterocycles. The van der Waals surface area contributed by atoms with Crippen LogP contribution in [0, 0.1) is 0 Å². The summed E-state index contributed by atoms with van der Waals surface area (Å²) in [4.78, 5) is 35.8. The second-order valence-corrected chi connectivity index (χ2v) is 21.6. The van der Waals surface area contributed by atoms with Crippen LogP contribution in [0.15, 0.2) is 220 Å². The maximum atomic E-state index is 12.9. The molecule has 0 amide bonds. The highest BCUT2D eigenvalue weighted by Gasteiger charge is 2.26. The Kier molecular flexibility index (Phi) is 23.2. The van der Waals surface area contributed by atoms with Crippen LogP contribution >= 0.6 is 0 Å². The third kappa shape index (κ3) is 18.1. The van der Waals surface area contributed by atoms with Crippen molar-refractivity contribution in [3.05, 3.63) is 216 Å². The fraction of sp³-hybridized carbons (Fsp3) is 0.178. The Morgan fingerprint density at radius 2 is 1.24 bits per heavy atom. The molecule has 8 N–H and O–H groups in total. The number of phenols is 1. The van der Waals surface area contributed by atoms with Gasteiger partial charge in [0.05, 0.1) is 72.9 Å². The number of ether oxygens (including phenoxy) is 8. The highest BCUT2D eigenvalue weighted by Crippen LogP contribution is 2.37. The highest BCUT2D eigenvalue weighted by molar-refractivity contribution is 5.97. The van der Waals surface area contributed by atoms with E-state index >= 15 is 0 Å². The molecule has 0 spiro atoms. The van der Waals surface area contributed by atoms with Crippen molar-refractivity contribution in [3.8, 4) is 40.2 Å². The lowest BCUT2D eigenvalue weighted by Crippen LogP contribution is -2.89. The van der Waals surface area contributed by atoms with E-state index in [1.165, 1.54) is 12.7 Å². The first kappa shape index (κ1) is 67.9. The lowest BCUT2D eigenvalue weighted by atomic mass is 9.92. The molecule has 0 radical (unpaired) electrons. The van der Waals surface area contributed by atoms with Gasteiger partial charge < -0.3 is 65.1 Å². The van der Waals surface area contributed by atoms with Crippen molar-refractivity contribution in [1.82, 2.24) is 0 Å². The number of benzene rings is 9. The number of nitrogen functional groups attached to an aromatic ring is 2. The Balaban J connectivity index is 0.000000191. The number of anilines is 4. The number of methoxy groups -OCH3 is 3. The number of allylic oxidation sites excluding steroid dienone is 4. The summed E-state index contributed by atoms with van der Waals surface area (Å²) < 4.78 is 40.8. The largest absolute Gasteiger partial charge is 0.519 e. The third-order valence-corrected chi connectivity index (χ3v) is 14.8. The fourth-order valence-electron chi connectivity index (χ4n) is 9.66. The topological polar surface area (TPSA) is 285 Å². The van der Waals surface area contributed by atoms with Crippen LogP contribution in [0.25, 0.3) is 32.7 Å². The number of hydrogen-bond acceptors (Lipinski definition) is 20. The minimum Gasteiger partial charge on any atom is -0.507 e. The number of nitrogens with zero attached hydrogens (tertiary/aromatic N) is 4. The number of carbonyl (C=O) groups excluding carboxylic acids is 3. The van der Waals surface area contributed by atoms with Crippen LogP contribution in [-0.4, -0.2) is 70.6 Å². The first-order chi connectivity index (χ1) is 45.3. The van der Waals surface area contributed by atoms with Gasteiger partial charge in [-0.05, 0) is 170 Å². The van der Waals surface area contributed by atoms with E-state index in [-0.39, 0.29) is 36.8 Å². The molecular formula is C73H74N9O12+. The van der Waals surface area contributed by atoms with E-state index in [1.54, 1.807) is 62.8 Å². The zero-order valence-electron chi connectivity index (χ0n) is 53.6. The zero-order chi connectivity index (χ0) is 67.3. The van der Waals surface area contributed by atoms with E-state index < -0.39 is 12.1 Å². The highest BCUT2D eigenvalue weighted by atomic mass is 16.7. The Morgan fingerprint density at radius 3 is 1.84 bits per heavy atom. The minimum atomic E-state index is -0.965. The molecule has 482 valence electrons. The summed E-state index contributed by atoms with van der Waals surface area (Å²) >= 11 is 0. The van der Waals surface area contributed by atoms with Gasteiger partial charge in [0.15, 0.2) is 37.1 Å². The van der Waals surface area contributed by atoms with Gasteiger partial charge in [-0.1, -0.05) is 73.3 Å². The van der Waals surface area contributed by atoms with Crippen LogP contribution in [0.2, 0.25) is 0 Å². The van der Waals surface area contributed by atoms with Crippen molar-refractivity contribution >= 4 is 96.8 Å². The predicted octanol–water partition coefficient (Wildman–Crippen LogP) is 13.8. The summed E-state index contributed by atoms with van der Waals surface area (Å²) in [5, 5.41) is 39.2. The van der Waals surface area contributed by atoms with Gasteiger partial charge in [0.25, 0.3) is 6.47 Å². The molecule has 2 aliphatic heterocycles. The molecule has 0 bridgehead atoms. The Labute approximate surface area is 544 Å². The third-order valence-electron chi connectivity index (χ3n) is 14.8. The average molecular weight is 1270 g/mol. The van der Waals surface area contributed by atoms with Gasteiger partial charge in [0, 0.05) is 35.4 Å². The molecule has 0 unspecified atom stereocenters. The quantitative estimate of drug-likeness (QED) is 0.00940. The van der Waals surface area contributed by atoms with Crippen LogP contribution in [0.3, 0.4) is 0 Å². The molecule has 21 heteroatoms. The SMILES string of the molecule is C=C/C(C)=C(C)/C(C)=c1\cc2c(cc1O)=[NH+]C(C)(C)C=C2C.COC(=O)COC=O.COc1ccc(N=Nc2ccc(OC(=O)Oc3ccc4ccccc4c3N)c(NCOc3ccc4ccccc4c3N)c2)cc1.COc1ccc(N=Nc2ccc3c(c2)NCO3)cc1. The van der Waals surface area contributed by atoms with Crippen LogP contribution in [0.4, 0.5) is 50.3 Å². The van der Waals surface area contributed by atoms with Gasteiger partial charge in [0.1, 0.15) is 28.7 Å². The standard InChI is InChI=1S/C35H29N5O5.C20H25NO.C14H13N3O2.C4H6O4/c1-42-26-15-12-24(13-16-26)39-40-25-14-19-30(44-35(41)45-32-18-11-23-7-3-5-9-28(23)34(32)37)29(20-25)38-21-43-31-17-10-22-6-2-4-8-27(22)33(31)36;1-8-12(2)14(4)15(5)17-9-16-13(3)11-20(6,7)21-18(16)10-19(17)22;1-18-12-5-2-10(3-6-12)16-17-11-4-7-14-13(8-11)15-9-19-14;1-7-4(6)2-8-3-5/h2-20,38H,21,36-37H2,1H3;8-11,22H,1H2,2-7H3;2-8,15H,9H2,1H3;3H,2H2,1H3/p+1/b;14-12+,17-15+;;. The normalized spacial score (nSPS) is 12.9. The Morgan fingerprint density at radius 1 is 0.702 bits per heavy atom. The van der Waals surface area contributed by atoms with Crippen molar-refractivity contribution in [3.63, 3.8) is 0 Å². The van der Waals surface area contributed by atoms with Gasteiger partial charge in [-0.15, -0.1) is 0 Å². The molecule has 2 heterocycles. The van der Waals surface area contributed by atoms with Gasteiger partial charge in [-0.3, -0.25) is 4.79 Å². The first-order valence-electron chi connectivity index (χ1n) is 29.5. The van der Waals surface area contributed by atoms with E-state index in [1.807, 2.05) is 135 Å². The molecule has 0 atom stereocenters. The van der Waals surface area contributed by atoms with Gasteiger partial charge in [0.2, 0.25) is 5.36 Å². The van der Waals surface area contributed by atoms with E-state index in [2.05, 4.69) is 92.0 Å². The summed E-state index contributed by atoms with van der Waals surface area (Å²) in [5.41, 5.74) is 23.2. The van der Waals surface area contributed by atoms with Crippen LogP contribution in [0.5, 0.6) is 40.2 Å². The molecule has 0 aromatic heterocycles. The zero-order valence-corrected chi connectivity index (χ0v) is 53.6. The van der Waals surface area contributed by atoms with Gasteiger partial charge in [-0.2, -0.15) is 20.5 Å². The Bertz CT molecular complexity index is 4490. The molecule has 0 fully saturated rings. The van der Waals surface area contributed by atoms with Gasteiger partial charge >= 0.3 is 12.1 Å². The summed E-state index contributed by atoms with van der Waals surface area (Å²) in [6, 6.07) is 51.6. The first-order valence-corrected chi connectivity index (χ1v) is 29.5. The lowest BCUT2D eigenvalue weighted by molar-refractivity contribution is -0.568. The predicted molar refractivity (Wildman–Crippen MR) is 366 cm³/mol. The summed E-state index contributed by atoms with van der Waals surface area (Å²) in [6.07, 6.45) is 3.11. The molecule has 94 heavy (non-hydrogen) atoms. The smallest absolute Gasteiger partial charge is 0.507 e. The number of fused-ring (bicyclic) bond motifs is 4. The number of phenolic OH excluding ortho intramolecular Hbond substituents is 1. The number of nitrogens with one attached hydrogen (secondary N) is 3. The number of aromatic hydroxyl groups is 1. The Hall–Kier alpha value is -12.0. The average Bonchev–Trinajstić information content (AvgIpc) is 0.924. The number of rotatable bonds is 17. The fourth-order valence-corrected chi connectivity index (χ4v) is 9.66. The number of esters is 1. The summed E-state index contributed by atoms with van der Waals surface area (Å²) in [5.74, 6) is 2.99. The maximum Gasteiger partial charge on any atom is 0.519 e. The molecule has 11 rings (SSSR count). The van der Waals surface area contributed by atoms with Crippen molar-refractivity contribution in [2.24, 2.45) is 20.5 Å². The molecule has 21 nitrogen and oxygen atoms in total. The minimum absolute atomic E-state index is 0.00461. The molecule has 0 saturated carbocycles. The van der Waals surface area contributed by atoms with Crippen LogP contribution < -0.4 is 66.1 Å². The number of hydrogen-bond donors (Lipinski definition) is 6. The molecule has 9 aromatic rings. The number of azo groups is 2. The van der Waals surface area contributed by atoms with E-state index in [9.17, 15) is 19.5 Å². The van der Waals surface area contributed by atoms with E-state index in [0.717, 1.165) is 83.0 Å². The second kappa shape index (κ2) is 32.1. The molecular weight excluding hydrogens is 1190 g/mol. The maximum absolute atomic E-state index is 12.9. The molecule has 0 aliphatic carbocycles. The van der Waals surface area contributed by atoms with Crippen LogP contribution in [0.1, 0.15) is 47.1 Å². The molecule has 9 aromatic carbocycles. The lowest BCUT2D eigenvalue weighted by Gasteiger charge is -2.16. The monoisotopic (exact) mass is 1270 g/mol. The number of carbonyl (C=O) groups is 3. The molecule has 2 aliphatic rings. The number of nitrogens with two attached hydrogens (primary N) is 2. The summed E-state index contributed by atoms with van der Waals surface area (Å²) in [7, 11) is 4.45. The second-order valence-electron chi connectivity index (χ2n) is 21.6. The van der Waals surface area contributed by atoms with Crippen molar-refractivity contribution in [2.45, 2.75) is 47.1 Å². The van der Waals surface area contributed by atoms with Crippen LogP contribution in [-0.2, 0) is 19.1 Å². The summed E-state index contributed by atoms with van der Waals surface area (Å²) in [6.45, 7) is 16.7. The van der Waals surface area contributed by atoms with E-state index in [0.29, 0.717) is 52.4 Å². The van der Waals surface area contributed by atoms with Gasteiger partial charge in [-0.25, -0.2) is 14.6 Å². The van der Waals surface area contributed by atoms with Crippen molar-refractivity contribution in [1.29, 1.82) is 0 Å². The van der Waals surface area contributed by atoms with E-state index in [4.69, 9.17) is 39.9 Å². The van der Waals surface area contributed by atoms with Crippen molar-refractivity contribution < 1.29 is 62.4 Å². The van der Waals surface area contributed by atoms with Crippen molar-refractivity contribution in [2.75, 3.05) is 63.5 Å².